The Morgan fingerprint density at radius 1 is 0.323 bits per heavy atom. The van der Waals surface area contributed by atoms with Crippen LogP contribution in [0.15, 0.2) is 200 Å². The Balaban J connectivity index is 1.32. The minimum absolute atomic E-state index is 0.134. The first-order valence-corrected chi connectivity index (χ1v) is 21.2. The van der Waals surface area contributed by atoms with E-state index < -0.39 is 5.97 Å². The van der Waals surface area contributed by atoms with Crippen molar-refractivity contribution in [2.75, 3.05) is 7.11 Å². The van der Waals surface area contributed by atoms with Crippen molar-refractivity contribution in [3.8, 4) is 46.0 Å². The lowest BCUT2D eigenvalue weighted by molar-refractivity contribution is 0.0599. The molecule has 9 nitrogen and oxygen atoms in total. The Morgan fingerprint density at radius 3 is 0.923 bits per heavy atom. The molecule has 0 spiro atoms. The van der Waals surface area contributed by atoms with Crippen molar-refractivity contribution in [2.45, 2.75) is 39.6 Å². The highest BCUT2D eigenvalue weighted by Gasteiger charge is 2.30. The van der Waals surface area contributed by atoms with Gasteiger partial charge in [0.25, 0.3) is 0 Å². The minimum Gasteiger partial charge on any atom is -0.485 e. The maximum absolute atomic E-state index is 13.3. The lowest BCUT2D eigenvalue weighted by Crippen LogP contribution is -2.09. The second-order valence-corrected chi connectivity index (χ2v) is 14.9. The summed E-state index contributed by atoms with van der Waals surface area (Å²) in [5.41, 5.74) is 5.68. The molecule has 0 N–H and O–H groups in total. The van der Waals surface area contributed by atoms with Crippen molar-refractivity contribution in [3.05, 3.63) is 239 Å². The van der Waals surface area contributed by atoms with Gasteiger partial charge in [0, 0.05) is 6.07 Å². The van der Waals surface area contributed by atoms with Crippen LogP contribution >= 0.6 is 0 Å². The second-order valence-electron chi connectivity index (χ2n) is 14.9. The van der Waals surface area contributed by atoms with Gasteiger partial charge in [-0.05, 0) is 45.5 Å². The summed E-state index contributed by atoms with van der Waals surface area (Å²) in [6.07, 6.45) is 0. The summed E-state index contributed by atoms with van der Waals surface area (Å²) in [5, 5.41) is 0. The first kappa shape index (κ1) is 43.5. The van der Waals surface area contributed by atoms with Crippen LogP contribution in [0.3, 0.4) is 0 Å². The van der Waals surface area contributed by atoms with Crippen LogP contribution in [-0.4, -0.2) is 13.1 Å². The van der Waals surface area contributed by atoms with E-state index in [0.29, 0.717) is 5.75 Å². The Kier molecular flexibility index (Phi) is 14.9. The van der Waals surface area contributed by atoms with Gasteiger partial charge < -0.3 is 37.9 Å². The highest BCUT2D eigenvalue weighted by atomic mass is 16.6. The summed E-state index contributed by atoms with van der Waals surface area (Å²) in [6, 6.07) is 63.7. The summed E-state index contributed by atoms with van der Waals surface area (Å²) in [5.74, 6) is 1.29. The van der Waals surface area contributed by atoms with Crippen molar-refractivity contribution < 1.29 is 42.7 Å². The van der Waals surface area contributed by atoms with Crippen molar-refractivity contribution in [2.24, 2.45) is 0 Å². The molecule has 8 aromatic carbocycles. The third-order valence-electron chi connectivity index (χ3n) is 10.2. The van der Waals surface area contributed by atoms with E-state index in [-0.39, 0.29) is 85.5 Å². The summed E-state index contributed by atoms with van der Waals surface area (Å²) in [4.78, 5) is 13.3. The van der Waals surface area contributed by atoms with Crippen LogP contribution < -0.4 is 33.2 Å². The molecule has 65 heavy (non-hydrogen) atoms. The summed E-state index contributed by atoms with van der Waals surface area (Å²) in [7, 11) is 1.33. The van der Waals surface area contributed by atoms with Crippen LogP contribution in [0.5, 0.6) is 46.0 Å². The van der Waals surface area contributed by atoms with E-state index in [4.69, 9.17) is 37.9 Å². The van der Waals surface area contributed by atoms with Gasteiger partial charge in [0.2, 0.25) is 23.0 Å². The maximum atomic E-state index is 13.3. The normalized spacial score (nSPS) is 10.7. The second kappa shape index (κ2) is 22.3. The summed E-state index contributed by atoms with van der Waals surface area (Å²) < 4.78 is 52.4. The fourth-order valence-corrected chi connectivity index (χ4v) is 6.79. The van der Waals surface area contributed by atoms with Crippen molar-refractivity contribution in [1.29, 1.82) is 0 Å². The molecule has 0 fully saturated rings. The van der Waals surface area contributed by atoms with E-state index >= 15 is 0 Å². The number of hydrogen-bond donors (Lipinski definition) is 0. The first-order chi connectivity index (χ1) is 32.1. The number of rotatable bonds is 21. The van der Waals surface area contributed by atoms with Gasteiger partial charge in [0.05, 0.1) is 12.7 Å². The number of methoxy groups -OCH3 is 1. The monoisotopic (exact) mass is 864 g/mol. The summed E-state index contributed by atoms with van der Waals surface area (Å²) in [6.45, 7) is 1.00. The predicted molar refractivity (Wildman–Crippen MR) is 249 cm³/mol. The highest BCUT2D eigenvalue weighted by Crippen LogP contribution is 2.55. The number of esters is 1. The van der Waals surface area contributed by atoms with E-state index in [9.17, 15) is 4.79 Å². The Labute approximate surface area is 379 Å². The topological polar surface area (TPSA) is 90.9 Å². The molecule has 8 aromatic rings. The zero-order valence-corrected chi connectivity index (χ0v) is 36.0. The summed E-state index contributed by atoms with van der Waals surface area (Å²) >= 11 is 0. The van der Waals surface area contributed by atoms with Gasteiger partial charge in [-0.2, -0.15) is 0 Å². The highest BCUT2D eigenvalue weighted by molar-refractivity contribution is 5.91. The van der Waals surface area contributed by atoms with E-state index in [1.165, 1.54) is 7.11 Å². The molecule has 0 heterocycles. The van der Waals surface area contributed by atoms with Crippen LogP contribution in [0.2, 0.25) is 0 Å². The molecule has 0 unspecified atom stereocenters. The molecule has 0 aliphatic carbocycles. The van der Waals surface area contributed by atoms with Crippen molar-refractivity contribution in [3.63, 3.8) is 0 Å². The van der Waals surface area contributed by atoms with Gasteiger partial charge >= 0.3 is 5.97 Å². The molecule has 0 aliphatic heterocycles. The fraction of sp³-hybridized carbons (Fsp3) is 0.125. The third kappa shape index (κ3) is 12.1. The molecule has 0 atom stereocenters. The van der Waals surface area contributed by atoms with E-state index in [0.717, 1.165) is 33.4 Å². The number of ether oxygens (including phenoxy) is 8. The molecular weight excluding hydrogens is 817 g/mol. The first-order valence-electron chi connectivity index (χ1n) is 21.2. The molecule has 0 aromatic heterocycles. The van der Waals surface area contributed by atoms with Crippen LogP contribution in [0.1, 0.15) is 43.7 Å². The van der Waals surface area contributed by atoms with Gasteiger partial charge in [-0.3, -0.25) is 0 Å². The fourth-order valence-electron chi connectivity index (χ4n) is 6.79. The quantitative estimate of drug-likeness (QED) is 0.0655. The molecule has 9 heteroatoms. The Hall–Kier alpha value is -8.17. The number of benzene rings is 8. The van der Waals surface area contributed by atoms with E-state index in [1.54, 1.807) is 18.2 Å². The van der Waals surface area contributed by atoms with Gasteiger partial charge in [0.1, 0.15) is 39.6 Å². The number of carbonyl (C=O) groups excluding carboxylic acids is 1. The molecule has 0 bridgehead atoms. The van der Waals surface area contributed by atoms with Crippen LogP contribution in [0.4, 0.5) is 0 Å². The van der Waals surface area contributed by atoms with Crippen molar-refractivity contribution >= 4 is 5.97 Å². The average Bonchev–Trinajstić information content (AvgIpc) is 3.37. The maximum Gasteiger partial charge on any atom is 0.338 e. The lowest BCUT2D eigenvalue weighted by Gasteiger charge is -2.24. The molecule has 0 amide bonds. The Bertz CT molecular complexity index is 2650. The molecule has 326 valence electrons. The van der Waals surface area contributed by atoms with Gasteiger partial charge in [-0.1, -0.05) is 182 Å². The largest absolute Gasteiger partial charge is 0.485 e. The SMILES string of the molecule is COC(=O)c1cc(OCc2ccccc2)c(Oc2c(OCc3ccccc3)cc(OCc3ccccc3)c(OCc3ccccc3)c2OCc2ccccc2)c(OCc2ccccc2)c1. The molecule has 0 radical (unpaired) electrons. The molecule has 8 rings (SSSR count). The van der Waals surface area contributed by atoms with Crippen LogP contribution in [0.25, 0.3) is 0 Å². The zero-order valence-electron chi connectivity index (χ0n) is 36.0. The van der Waals surface area contributed by atoms with E-state index in [1.807, 2.05) is 182 Å². The van der Waals surface area contributed by atoms with Gasteiger partial charge in [-0.25, -0.2) is 4.79 Å². The van der Waals surface area contributed by atoms with Crippen LogP contribution in [0, 0.1) is 0 Å². The number of hydrogen-bond acceptors (Lipinski definition) is 9. The lowest BCUT2D eigenvalue weighted by atomic mass is 10.1. The minimum atomic E-state index is -0.582. The van der Waals surface area contributed by atoms with Crippen molar-refractivity contribution in [1.82, 2.24) is 0 Å². The molecule has 0 saturated heterocycles. The van der Waals surface area contributed by atoms with Crippen LogP contribution in [-0.2, 0) is 44.4 Å². The Morgan fingerprint density at radius 2 is 0.600 bits per heavy atom. The smallest absolute Gasteiger partial charge is 0.338 e. The standard InChI is InChI=1S/C56H48O9/c1-58-56(57)47-32-48(59-35-41-20-8-2-9-21-41)52(49(33-47)60-36-42-22-10-3-11-23-42)65-54-51(62-38-44-26-14-5-15-27-44)34-50(61-37-43-24-12-4-13-25-43)53(63-39-45-28-16-6-17-29-45)55(54)64-40-46-30-18-7-19-31-46/h2-34H,35-40H2,1H3. The third-order valence-corrected chi connectivity index (χ3v) is 10.2. The number of carbonyl (C=O) groups is 1. The molecular formula is C56H48O9. The molecule has 0 aliphatic rings. The van der Waals surface area contributed by atoms with Gasteiger partial charge in [-0.15, -0.1) is 0 Å². The average molecular weight is 865 g/mol. The molecule has 0 saturated carbocycles. The zero-order chi connectivity index (χ0) is 44.5. The van der Waals surface area contributed by atoms with Gasteiger partial charge in [0.15, 0.2) is 23.0 Å². The predicted octanol–water partition coefficient (Wildman–Crippen LogP) is 12.7. The van der Waals surface area contributed by atoms with E-state index in [2.05, 4.69) is 0 Å².